The molecule has 1 amide bonds. The summed E-state index contributed by atoms with van der Waals surface area (Å²) in [7, 11) is 2.22. The maximum atomic E-state index is 11.7. The standard InChI is InChI=1S/C15H24N2OS/c1-17(14-6-3-2-4-7-14)10-5-9-16-15(18)13-8-11-19-12-13/h8,11-12,14H,2-7,9-10H2,1H3,(H,16,18). The van der Waals surface area contributed by atoms with Gasteiger partial charge in [-0.05, 0) is 44.3 Å². The fourth-order valence-electron chi connectivity index (χ4n) is 2.73. The second-order valence-electron chi connectivity index (χ2n) is 5.39. The second-order valence-corrected chi connectivity index (χ2v) is 6.17. The molecule has 1 aromatic rings. The Balaban J connectivity index is 1.59. The summed E-state index contributed by atoms with van der Waals surface area (Å²) in [6.07, 6.45) is 7.88. The monoisotopic (exact) mass is 280 g/mol. The number of carbonyl (C=O) groups excluding carboxylic acids is 1. The summed E-state index contributed by atoms with van der Waals surface area (Å²) in [4.78, 5) is 14.2. The fraction of sp³-hybridized carbons (Fsp3) is 0.667. The zero-order valence-electron chi connectivity index (χ0n) is 11.7. The molecule has 0 saturated heterocycles. The molecule has 1 N–H and O–H groups in total. The van der Waals surface area contributed by atoms with E-state index in [1.165, 1.54) is 32.1 Å². The highest BCUT2D eigenvalue weighted by Gasteiger charge is 2.17. The minimum absolute atomic E-state index is 0.0570. The molecule has 0 aromatic carbocycles. The summed E-state index contributed by atoms with van der Waals surface area (Å²) in [5, 5.41) is 6.81. The van der Waals surface area contributed by atoms with Crippen LogP contribution in [0.4, 0.5) is 0 Å². The summed E-state index contributed by atoms with van der Waals surface area (Å²) in [5.74, 6) is 0.0570. The van der Waals surface area contributed by atoms with E-state index in [4.69, 9.17) is 0 Å². The van der Waals surface area contributed by atoms with Gasteiger partial charge in [0.05, 0.1) is 0 Å². The van der Waals surface area contributed by atoms with Gasteiger partial charge in [-0.15, -0.1) is 0 Å². The quantitative estimate of drug-likeness (QED) is 0.812. The van der Waals surface area contributed by atoms with E-state index in [0.29, 0.717) is 0 Å². The molecule has 1 saturated carbocycles. The summed E-state index contributed by atoms with van der Waals surface area (Å²) in [6.45, 7) is 1.85. The molecule has 1 aliphatic rings. The number of rotatable bonds is 6. The van der Waals surface area contributed by atoms with Crippen molar-refractivity contribution >= 4 is 17.2 Å². The first-order chi connectivity index (χ1) is 9.27. The zero-order chi connectivity index (χ0) is 13.5. The SMILES string of the molecule is CN(CCCNC(=O)c1ccsc1)C1CCCCC1. The van der Waals surface area contributed by atoms with Gasteiger partial charge < -0.3 is 10.2 Å². The van der Waals surface area contributed by atoms with E-state index in [0.717, 1.165) is 31.1 Å². The van der Waals surface area contributed by atoms with Gasteiger partial charge in [-0.1, -0.05) is 19.3 Å². The molecule has 0 aliphatic heterocycles. The summed E-state index contributed by atoms with van der Waals surface area (Å²) in [5.41, 5.74) is 0.783. The van der Waals surface area contributed by atoms with E-state index in [1.807, 2.05) is 16.8 Å². The maximum Gasteiger partial charge on any atom is 0.252 e. The molecule has 1 aromatic heterocycles. The number of nitrogens with one attached hydrogen (secondary N) is 1. The van der Waals surface area contributed by atoms with Crippen LogP contribution in [-0.4, -0.2) is 37.0 Å². The van der Waals surface area contributed by atoms with Gasteiger partial charge in [0.1, 0.15) is 0 Å². The van der Waals surface area contributed by atoms with Crippen LogP contribution in [0.2, 0.25) is 0 Å². The van der Waals surface area contributed by atoms with E-state index in [2.05, 4.69) is 17.3 Å². The lowest BCUT2D eigenvalue weighted by molar-refractivity contribution is 0.0951. The average molecular weight is 280 g/mol. The van der Waals surface area contributed by atoms with Gasteiger partial charge in [-0.25, -0.2) is 0 Å². The van der Waals surface area contributed by atoms with E-state index in [1.54, 1.807) is 11.3 Å². The van der Waals surface area contributed by atoms with Crippen molar-refractivity contribution in [2.24, 2.45) is 0 Å². The van der Waals surface area contributed by atoms with Crippen molar-refractivity contribution in [1.29, 1.82) is 0 Å². The minimum atomic E-state index is 0.0570. The lowest BCUT2D eigenvalue weighted by Gasteiger charge is -2.31. The fourth-order valence-corrected chi connectivity index (χ4v) is 3.37. The number of carbonyl (C=O) groups is 1. The molecule has 1 heterocycles. The zero-order valence-corrected chi connectivity index (χ0v) is 12.5. The van der Waals surface area contributed by atoms with Gasteiger partial charge >= 0.3 is 0 Å². The van der Waals surface area contributed by atoms with Gasteiger partial charge in [0, 0.05) is 23.5 Å². The minimum Gasteiger partial charge on any atom is -0.352 e. The molecule has 4 heteroatoms. The number of hydrogen-bond donors (Lipinski definition) is 1. The molecule has 1 aliphatic carbocycles. The molecule has 0 atom stereocenters. The van der Waals surface area contributed by atoms with Crippen LogP contribution >= 0.6 is 11.3 Å². The van der Waals surface area contributed by atoms with Crippen molar-refractivity contribution in [3.8, 4) is 0 Å². The van der Waals surface area contributed by atoms with Gasteiger partial charge in [0.15, 0.2) is 0 Å². The first-order valence-electron chi connectivity index (χ1n) is 7.28. The summed E-state index contributed by atoms with van der Waals surface area (Å²) < 4.78 is 0. The molecular weight excluding hydrogens is 256 g/mol. The normalized spacial score (nSPS) is 16.7. The van der Waals surface area contributed by atoms with Gasteiger partial charge in [0.2, 0.25) is 0 Å². The molecular formula is C15H24N2OS. The Morgan fingerprint density at radius 3 is 2.89 bits per heavy atom. The smallest absolute Gasteiger partial charge is 0.252 e. The van der Waals surface area contributed by atoms with Gasteiger partial charge in [-0.2, -0.15) is 11.3 Å². The lowest BCUT2D eigenvalue weighted by atomic mass is 9.94. The van der Waals surface area contributed by atoms with Crippen LogP contribution in [-0.2, 0) is 0 Å². The second kappa shape index (κ2) is 7.65. The molecule has 1 fully saturated rings. The highest BCUT2D eigenvalue weighted by Crippen LogP contribution is 2.21. The van der Waals surface area contributed by atoms with E-state index >= 15 is 0 Å². The molecule has 2 rings (SSSR count). The van der Waals surface area contributed by atoms with Crippen molar-refractivity contribution in [3.63, 3.8) is 0 Å². The van der Waals surface area contributed by atoms with Crippen molar-refractivity contribution in [1.82, 2.24) is 10.2 Å². The highest BCUT2D eigenvalue weighted by atomic mass is 32.1. The van der Waals surface area contributed by atoms with Crippen LogP contribution in [0.1, 0.15) is 48.9 Å². The Morgan fingerprint density at radius 2 is 2.21 bits per heavy atom. The molecule has 0 radical (unpaired) electrons. The van der Waals surface area contributed by atoms with Crippen LogP contribution in [0.25, 0.3) is 0 Å². The van der Waals surface area contributed by atoms with E-state index < -0.39 is 0 Å². The number of thiophene rings is 1. The third-order valence-corrected chi connectivity index (χ3v) is 4.64. The van der Waals surface area contributed by atoms with Crippen LogP contribution in [0.15, 0.2) is 16.8 Å². The first kappa shape index (κ1) is 14.5. The van der Waals surface area contributed by atoms with Crippen LogP contribution < -0.4 is 5.32 Å². The van der Waals surface area contributed by atoms with Crippen LogP contribution in [0, 0.1) is 0 Å². The van der Waals surface area contributed by atoms with Crippen LogP contribution in [0.3, 0.4) is 0 Å². The molecule has 0 unspecified atom stereocenters. The highest BCUT2D eigenvalue weighted by molar-refractivity contribution is 7.08. The van der Waals surface area contributed by atoms with Gasteiger partial charge in [-0.3, -0.25) is 4.79 Å². The van der Waals surface area contributed by atoms with Crippen LogP contribution in [0.5, 0.6) is 0 Å². The van der Waals surface area contributed by atoms with Crippen molar-refractivity contribution in [2.75, 3.05) is 20.1 Å². The largest absolute Gasteiger partial charge is 0.352 e. The Morgan fingerprint density at radius 1 is 1.42 bits per heavy atom. The van der Waals surface area contributed by atoms with E-state index in [9.17, 15) is 4.79 Å². The molecule has 3 nitrogen and oxygen atoms in total. The third kappa shape index (κ3) is 4.62. The van der Waals surface area contributed by atoms with Crippen molar-refractivity contribution in [3.05, 3.63) is 22.4 Å². The number of nitrogens with zero attached hydrogens (tertiary/aromatic N) is 1. The third-order valence-electron chi connectivity index (χ3n) is 3.95. The van der Waals surface area contributed by atoms with Crippen molar-refractivity contribution in [2.45, 2.75) is 44.6 Å². The van der Waals surface area contributed by atoms with E-state index in [-0.39, 0.29) is 5.91 Å². The Kier molecular flexibility index (Phi) is 5.86. The lowest BCUT2D eigenvalue weighted by Crippen LogP contribution is -2.35. The first-order valence-corrected chi connectivity index (χ1v) is 8.22. The summed E-state index contributed by atoms with van der Waals surface area (Å²) in [6, 6.07) is 2.63. The predicted octanol–water partition coefficient (Wildman–Crippen LogP) is 3.13. The van der Waals surface area contributed by atoms with Crippen molar-refractivity contribution < 1.29 is 4.79 Å². The van der Waals surface area contributed by atoms with Gasteiger partial charge in [0.25, 0.3) is 5.91 Å². The number of hydrogen-bond acceptors (Lipinski definition) is 3. The Bertz CT molecular complexity index is 372. The summed E-state index contributed by atoms with van der Waals surface area (Å²) >= 11 is 1.56. The predicted molar refractivity (Wildman–Crippen MR) is 80.8 cm³/mol. The number of amides is 1. The molecule has 0 spiro atoms. The molecule has 106 valence electrons. The average Bonchev–Trinajstić information content (AvgIpc) is 2.98. The molecule has 0 bridgehead atoms. The topological polar surface area (TPSA) is 32.3 Å². The maximum absolute atomic E-state index is 11.7. The Labute approximate surface area is 120 Å². The Hall–Kier alpha value is -0.870. The molecule has 19 heavy (non-hydrogen) atoms.